The van der Waals surface area contributed by atoms with Gasteiger partial charge in [-0.25, -0.2) is 4.68 Å². The van der Waals surface area contributed by atoms with Crippen molar-refractivity contribution in [1.29, 1.82) is 0 Å². The molecule has 0 spiro atoms. The Morgan fingerprint density at radius 2 is 1.83 bits per heavy atom. The second-order valence-electron chi connectivity index (χ2n) is 6.89. The standard InChI is InChI=1S/C21H19N5O4/c27-19(9-10-26-20(28)15-6-2-4-8-17(15)24-25-26)23-18(21(29)30)11-13-12-22-16-7-3-1-5-14(13)16/h1-8,12,18,22H,9-11H2,(H,23,27)(H,29,30)/p-1/t18-/m0/s1. The first-order valence-electron chi connectivity index (χ1n) is 9.40. The van der Waals surface area contributed by atoms with Gasteiger partial charge in [0.25, 0.3) is 5.56 Å². The summed E-state index contributed by atoms with van der Waals surface area (Å²) >= 11 is 0. The molecule has 0 radical (unpaired) electrons. The van der Waals surface area contributed by atoms with Crippen molar-refractivity contribution in [3.05, 3.63) is 70.6 Å². The predicted molar refractivity (Wildman–Crippen MR) is 107 cm³/mol. The average molecular weight is 404 g/mol. The predicted octanol–water partition coefficient (Wildman–Crippen LogP) is 0.140. The van der Waals surface area contributed by atoms with Crippen molar-refractivity contribution < 1.29 is 14.7 Å². The first-order valence-corrected chi connectivity index (χ1v) is 9.40. The number of aromatic nitrogens is 4. The van der Waals surface area contributed by atoms with Crippen LogP contribution in [0.25, 0.3) is 21.8 Å². The molecule has 2 aromatic heterocycles. The Balaban J connectivity index is 1.43. The molecule has 9 heteroatoms. The third-order valence-corrected chi connectivity index (χ3v) is 4.90. The van der Waals surface area contributed by atoms with Crippen molar-refractivity contribution >= 4 is 33.7 Å². The molecule has 0 saturated heterocycles. The van der Waals surface area contributed by atoms with E-state index in [9.17, 15) is 19.5 Å². The largest absolute Gasteiger partial charge is 0.548 e. The van der Waals surface area contributed by atoms with Gasteiger partial charge >= 0.3 is 0 Å². The zero-order valence-electron chi connectivity index (χ0n) is 15.9. The number of aryl methyl sites for hydroxylation is 1. The van der Waals surface area contributed by atoms with Crippen LogP contribution in [-0.2, 0) is 22.6 Å². The number of amides is 1. The molecule has 2 heterocycles. The summed E-state index contributed by atoms with van der Waals surface area (Å²) < 4.78 is 1.09. The van der Waals surface area contributed by atoms with E-state index in [4.69, 9.17) is 0 Å². The summed E-state index contributed by atoms with van der Waals surface area (Å²) in [5.41, 5.74) is 1.75. The van der Waals surface area contributed by atoms with E-state index in [1.165, 1.54) is 0 Å². The van der Waals surface area contributed by atoms with Crippen molar-refractivity contribution in [1.82, 2.24) is 25.3 Å². The van der Waals surface area contributed by atoms with E-state index in [1.807, 2.05) is 24.3 Å². The molecule has 0 unspecified atom stereocenters. The Morgan fingerprint density at radius 3 is 2.63 bits per heavy atom. The second-order valence-corrected chi connectivity index (χ2v) is 6.89. The lowest BCUT2D eigenvalue weighted by Gasteiger charge is -2.19. The number of aliphatic carboxylic acids is 1. The zero-order valence-corrected chi connectivity index (χ0v) is 15.9. The number of benzene rings is 2. The molecular formula is C21H18N5O4-. The fourth-order valence-corrected chi connectivity index (χ4v) is 3.36. The number of para-hydroxylation sites is 1. The van der Waals surface area contributed by atoms with Gasteiger partial charge in [0.2, 0.25) is 5.91 Å². The van der Waals surface area contributed by atoms with Gasteiger partial charge in [-0.15, -0.1) is 5.10 Å². The van der Waals surface area contributed by atoms with Crippen LogP contribution in [0, 0.1) is 0 Å². The lowest BCUT2D eigenvalue weighted by molar-refractivity contribution is -0.308. The van der Waals surface area contributed by atoms with Gasteiger partial charge in [0.1, 0.15) is 5.52 Å². The van der Waals surface area contributed by atoms with Crippen LogP contribution in [0.2, 0.25) is 0 Å². The molecule has 0 fully saturated rings. The first-order chi connectivity index (χ1) is 14.5. The van der Waals surface area contributed by atoms with E-state index in [0.29, 0.717) is 10.9 Å². The number of hydrogen-bond donors (Lipinski definition) is 2. The smallest absolute Gasteiger partial charge is 0.277 e. The minimum Gasteiger partial charge on any atom is -0.548 e. The maximum Gasteiger partial charge on any atom is 0.277 e. The number of H-pyrrole nitrogens is 1. The monoisotopic (exact) mass is 404 g/mol. The van der Waals surface area contributed by atoms with Crippen LogP contribution in [-0.4, -0.2) is 37.9 Å². The van der Waals surface area contributed by atoms with Gasteiger partial charge in [-0.2, -0.15) is 0 Å². The highest BCUT2D eigenvalue weighted by molar-refractivity contribution is 5.86. The molecule has 0 aliphatic heterocycles. The molecule has 1 amide bonds. The van der Waals surface area contributed by atoms with Crippen molar-refractivity contribution in [3.8, 4) is 0 Å². The Labute approximate surface area is 170 Å². The first kappa shape index (κ1) is 19.3. The summed E-state index contributed by atoms with van der Waals surface area (Å²) in [6.45, 7) is -0.0185. The number of hydrogen-bond acceptors (Lipinski definition) is 6. The summed E-state index contributed by atoms with van der Waals surface area (Å²) in [5.74, 6) is -1.90. The van der Waals surface area contributed by atoms with Crippen molar-refractivity contribution in [2.75, 3.05) is 0 Å². The van der Waals surface area contributed by atoms with Crippen molar-refractivity contribution in [2.45, 2.75) is 25.4 Å². The van der Waals surface area contributed by atoms with E-state index >= 15 is 0 Å². The van der Waals surface area contributed by atoms with Gasteiger partial charge in [0.15, 0.2) is 0 Å². The van der Waals surface area contributed by atoms with Gasteiger partial charge in [-0.05, 0) is 23.8 Å². The number of fused-ring (bicyclic) bond motifs is 2. The minimum absolute atomic E-state index is 0.0185. The summed E-state index contributed by atoms with van der Waals surface area (Å²) in [7, 11) is 0. The average Bonchev–Trinajstić information content (AvgIpc) is 3.16. The fourth-order valence-electron chi connectivity index (χ4n) is 3.36. The fraction of sp³-hybridized carbons (Fsp3) is 0.190. The number of carbonyl (C=O) groups is 2. The lowest BCUT2D eigenvalue weighted by atomic mass is 10.0. The SMILES string of the molecule is O=C(CCn1nnc2ccccc2c1=O)N[C@@H](Cc1c[nH]c2ccccc12)C(=O)[O-]. The van der Waals surface area contributed by atoms with Crippen LogP contribution in [0.4, 0.5) is 0 Å². The van der Waals surface area contributed by atoms with Gasteiger partial charge in [0, 0.05) is 29.9 Å². The van der Waals surface area contributed by atoms with Crippen molar-refractivity contribution in [3.63, 3.8) is 0 Å². The number of carbonyl (C=O) groups excluding carboxylic acids is 2. The second kappa shape index (κ2) is 8.16. The molecule has 9 nitrogen and oxygen atoms in total. The third kappa shape index (κ3) is 3.90. The van der Waals surface area contributed by atoms with Crippen LogP contribution in [0.1, 0.15) is 12.0 Å². The van der Waals surface area contributed by atoms with E-state index in [1.54, 1.807) is 30.5 Å². The number of carboxylic acid groups (broad SMARTS) is 1. The van der Waals surface area contributed by atoms with Crippen LogP contribution >= 0.6 is 0 Å². The van der Waals surface area contributed by atoms with Crippen LogP contribution < -0.4 is 16.0 Å². The van der Waals surface area contributed by atoms with Crippen LogP contribution in [0.15, 0.2) is 59.5 Å². The molecule has 2 aromatic carbocycles. The number of aromatic amines is 1. The summed E-state index contributed by atoms with van der Waals surface area (Å²) in [5, 5.41) is 23.1. The molecule has 1 atom stereocenters. The van der Waals surface area contributed by atoms with Gasteiger partial charge < -0.3 is 20.2 Å². The quantitative estimate of drug-likeness (QED) is 0.450. The molecule has 4 rings (SSSR count). The third-order valence-electron chi connectivity index (χ3n) is 4.90. The summed E-state index contributed by atoms with van der Waals surface area (Å²) in [4.78, 5) is 39.4. The Hall–Kier alpha value is -4.01. The Kier molecular flexibility index (Phi) is 5.25. The van der Waals surface area contributed by atoms with E-state index in [0.717, 1.165) is 21.1 Å². The highest BCUT2D eigenvalue weighted by Crippen LogP contribution is 2.19. The van der Waals surface area contributed by atoms with Gasteiger partial charge in [0.05, 0.1) is 23.9 Å². The minimum atomic E-state index is -1.38. The summed E-state index contributed by atoms with van der Waals surface area (Å²) in [6, 6.07) is 13.1. The highest BCUT2D eigenvalue weighted by Gasteiger charge is 2.17. The molecule has 2 N–H and O–H groups in total. The van der Waals surface area contributed by atoms with Crippen LogP contribution in [0.3, 0.4) is 0 Å². The molecule has 4 aromatic rings. The van der Waals surface area contributed by atoms with E-state index < -0.39 is 17.9 Å². The molecule has 0 saturated carbocycles. The number of rotatable bonds is 7. The molecule has 30 heavy (non-hydrogen) atoms. The van der Waals surface area contributed by atoms with Gasteiger partial charge in [-0.1, -0.05) is 35.5 Å². The van der Waals surface area contributed by atoms with E-state index in [2.05, 4.69) is 20.6 Å². The number of nitrogens with one attached hydrogen (secondary N) is 2. The lowest BCUT2D eigenvalue weighted by Crippen LogP contribution is -2.49. The normalized spacial score (nSPS) is 12.1. The number of carboxylic acids is 1. The maximum atomic E-state index is 12.4. The topological polar surface area (TPSA) is 133 Å². The Morgan fingerprint density at radius 1 is 1.10 bits per heavy atom. The number of nitrogens with zero attached hydrogens (tertiary/aromatic N) is 3. The zero-order chi connectivity index (χ0) is 21.1. The van der Waals surface area contributed by atoms with Gasteiger partial charge in [-0.3, -0.25) is 9.59 Å². The van der Waals surface area contributed by atoms with E-state index in [-0.39, 0.29) is 24.9 Å². The maximum absolute atomic E-state index is 12.4. The molecule has 152 valence electrons. The molecule has 0 aliphatic carbocycles. The molecule has 0 aliphatic rings. The highest BCUT2D eigenvalue weighted by atomic mass is 16.4. The van der Waals surface area contributed by atoms with Crippen LogP contribution in [0.5, 0.6) is 0 Å². The van der Waals surface area contributed by atoms with Crippen molar-refractivity contribution in [2.24, 2.45) is 0 Å². The Bertz CT molecular complexity index is 1290. The summed E-state index contributed by atoms with van der Waals surface area (Å²) in [6.07, 6.45) is 1.68. The molecule has 0 bridgehead atoms. The molecular weight excluding hydrogens is 386 g/mol.